The van der Waals surface area contributed by atoms with Crippen LogP contribution in [0.4, 0.5) is 8.78 Å². The minimum absolute atomic E-state index is 0.133. The summed E-state index contributed by atoms with van der Waals surface area (Å²) in [5.74, 6) is -1.55. The average molecular weight is 346 g/mol. The van der Waals surface area contributed by atoms with Gasteiger partial charge in [-0.25, -0.2) is 8.78 Å². The van der Waals surface area contributed by atoms with Crippen molar-refractivity contribution < 1.29 is 18.4 Å². The molecular weight excluding hydrogens is 326 g/mol. The fourth-order valence-electron chi connectivity index (χ4n) is 2.27. The summed E-state index contributed by atoms with van der Waals surface area (Å²) in [5, 5.41) is 2.68. The minimum atomic E-state index is -0.456. The Balaban J connectivity index is 1.95. The van der Waals surface area contributed by atoms with Crippen LogP contribution in [0.5, 0.6) is 0 Å². The van der Waals surface area contributed by atoms with Crippen LogP contribution in [0.25, 0.3) is 0 Å². The van der Waals surface area contributed by atoms with Gasteiger partial charge in [0.15, 0.2) is 0 Å². The van der Waals surface area contributed by atoms with Crippen LogP contribution >= 0.6 is 0 Å². The Labute approximate surface area is 145 Å². The number of halogens is 2. The third kappa shape index (κ3) is 5.11. The fraction of sp³-hybridized carbons (Fsp3) is 0.263. The van der Waals surface area contributed by atoms with E-state index < -0.39 is 11.7 Å². The zero-order valence-electron chi connectivity index (χ0n) is 14.2. The molecule has 2 aromatic rings. The molecule has 0 aliphatic rings. The molecule has 0 bridgehead atoms. The lowest BCUT2D eigenvalue weighted by Crippen LogP contribution is -2.40. The number of likely N-dealkylation sites (N-methyl/N-ethyl adjacent to an activating group) is 1. The predicted octanol–water partition coefficient (Wildman–Crippen LogP) is 3.05. The molecule has 0 atom stereocenters. The summed E-state index contributed by atoms with van der Waals surface area (Å²) >= 11 is 0. The monoisotopic (exact) mass is 346 g/mol. The molecule has 6 heteroatoms. The Hall–Kier alpha value is -2.76. The van der Waals surface area contributed by atoms with Crippen LogP contribution < -0.4 is 5.32 Å². The van der Waals surface area contributed by atoms with Gasteiger partial charge in [0.1, 0.15) is 11.6 Å². The van der Waals surface area contributed by atoms with E-state index in [-0.39, 0.29) is 30.4 Å². The van der Waals surface area contributed by atoms with Gasteiger partial charge in [-0.3, -0.25) is 9.59 Å². The van der Waals surface area contributed by atoms with E-state index in [1.165, 1.54) is 29.2 Å². The number of benzene rings is 2. The molecule has 4 nitrogen and oxygen atoms in total. The van der Waals surface area contributed by atoms with E-state index in [4.69, 9.17) is 0 Å². The van der Waals surface area contributed by atoms with Crippen LogP contribution in [-0.2, 0) is 11.3 Å². The van der Waals surface area contributed by atoms with Crippen molar-refractivity contribution in [2.75, 3.05) is 13.1 Å². The van der Waals surface area contributed by atoms with E-state index >= 15 is 0 Å². The molecule has 0 saturated carbocycles. The molecule has 25 heavy (non-hydrogen) atoms. The molecule has 0 saturated heterocycles. The van der Waals surface area contributed by atoms with Crippen LogP contribution in [0.1, 0.15) is 28.4 Å². The second-order valence-electron chi connectivity index (χ2n) is 5.69. The summed E-state index contributed by atoms with van der Waals surface area (Å²) in [6, 6.07) is 10.0. The van der Waals surface area contributed by atoms with Crippen molar-refractivity contribution in [3.8, 4) is 0 Å². The highest BCUT2D eigenvalue weighted by Crippen LogP contribution is 2.11. The first-order valence-electron chi connectivity index (χ1n) is 7.97. The topological polar surface area (TPSA) is 49.4 Å². The van der Waals surface area contributed by atoms with Crippen LogP contribution in [0.3, 0.4) is 0 Å². The summed E-state index contributed by atoms with van der Waals surface area (Å²) in [7, 11) is 0. The molecule has 0 aromatic heterocycles. The molecule has 0 aliphatic carbocycles. The van der Waals surface area contributed by atoms with Gasteiger partial charge < -0.3 is 10.2 Å². The number of hydrogen-bond acceptors (Lipinski definition) is 2. The Morgan fingerprint density at radius 2 is 1.76 bits per heavy atom. The van der Waals surface area contributed by atoms with Crippen LogP contribution in [0, 0.1) is 18.6 Å². The Morgan fingerprint density at radius 3 is 2.36 bits per heavy atom. The van der Waals surface area contributed by atoms with Crippen molar-refractivity contribution in [2.24, 2.45) is 0 Å². The van der Waals surface area contributed by atoms with E-state index in [2.05, 4.69) is 5.32 Å². The zero-order chi connectivity index (χ0) is 18.4. The molecule has 0 fully saturated rings. The fourth-order valence-corrected chi connectivity index (χ4v) is 2.27. The maximum atomic E-state index is 13.6. The predicted molar refractivity (Wildman–Crippen MR) is 91.0 cm³/mol. The number of amides is 2. The second kappa shape index (κ2) is 8.37. The summed E-state index contributed by atoms with van der Waals surface area (Å²) in [6.07, 6.45) is 0. The van der Waals surface area contributed by atoms with Crippen molar-refractivity contribution >= 4 is 11.8 Å². The standard InChI is InChI=1S/C19H20F2N2O2/c1-3-23(19(25)15-7-4-13(2)17(21)10-15)12-18(24)22-11-14-5-8-16(20)9-6-14/h4-10H,3,11-12H2,1-2H3,(H,22,24). The zero-order valence-corrected chi connectivity index (χ0v) is 14.2. The summed E-state index contributed by atoms with van der Waals surface area (Å²) in [6.45, 7) is 3.79. The van der Waals surface area contributed by atoms with Gasteiger partial charge >= 0.3 is 0 Å². The van der Waals surface area contributed by atoms with Crippen LogP contribution in [0.2, 0.25) is 0 Å². The van der Waals surface area contributed by atoms with E-state index in [1.54, 1.807) is 32.0 Å². The van der Waals surface area contributed by atoms with Crippen molar-refractivity contribution in [1.82, 2.24) is 10.2 Å². The van der Waals surface area contributed by atoms with Gasteiger partial charge in [-0.2, -0.15) is 0 Å². The molecule has 0 aliphatic heterocycles. The summed E-state index contributed by atoms with van der Waals surface area (Å²) in [4.78, 5) is 25.8. The lowest BCUT2D eigenvalue weighted by molar-refractivity contribution is -0.121. The van der Waals surface area contributed by atoms with Gasteiger partial charge in [0, 0.05) is 18.7 Å². The quantitative estimate of drug-likeness (QED) is 0.874. The molecule has 0 unspecified atom stereocenters. The lowest BCUT2D eigenvalue weighted by atomic mass is 10.1. The van der Waals surface area contributed by atoms with Crippen molar-refractivity contribution in [3.05, 3.63) is 70.8 Å². The van der Waals surface area contributed by atoms with Crippen molar-refractivity contribution in [1.29, 1.82) is 0 Å². The van der Waals surface area contributed by atoms with Crippen molar-refractivity contribution in [2.45, 2.75) is 20.4 Å². The molecule has 2 aromatic carbocycles. The molecule has 1 N–H and O–H groups in total. The molecule has 132 valence electrons. The minimum Gasteiger partial charge on any atom is -0.350 e. The maximum Gasteiger partial charge on any atom is 0.254 e. The molecule has 0 spiro atoms. The molecule has 0 radical (unpaired) electrons. The summed E-state index contributed by atoms with van der Waals surface area (Å²) in [5.41, 5.74) is 1.41. The molecule has 2 rings (SSSR count). The smallest absolute Gasteiger partial charge is 0.254 e. The Morgan fingerprint density at radius 1 is 1.08 bits per heavy atom. The van der Waals surface area contributed by atoms with E-state index in [0.717, 1.165) is 5.56 Å². The maximum absolute atomic E-state index is 13.6. The molecule has 2 amide bonds. The van der Waals surface area contributed by atoms with Gasteiger partial charge in [0.25, 0.3) is 5.91 Å². The van der Waals surface area contributed by atoms with Gasteiger partial charge in [-0.15, -0.1) is 0 Å². The number of carbonyl (C=O) groups excluding carboxylic acids is 2. The number of aryl methyl sites for hydroxylation is 1. The molecule has 0 heterocycles. The van der Waals surface area contributed by atoms with Crippen LogP contribution in [-0.4, -0.2) is 29.8 Å². The normalized spacial score (nSPS) is 10.4. The van der Waals surface area contributed by atoms with Gasteiger partial charge in [0.2, 0.25) is 5.91 Å². The lowest BCUT2D eigenvalue weighted by Gasteiger charge is -2.20. The third-order valence-corrected chi connectivity index (χ3v) is 3.83. The number of nitrogens with zero attached hydrogens (tertiary/aromatic N) is 1. The highest BCUT2D eigenvalue weighted by atomic mass is 19.1. The number of nitrogens with one attached hydrogen (secondary N) is 1. The summed E-state index contributed by atoms with van der Waals surface area (Å²) < 4.78 is 26.5. The average Bonchev–Trinajstić information content (AvgIpc) is 2.61. The second-order valence-corrected chi connectivity index (χ2v) is 5.69. The number of hydrogen-bond donors (Lipinski definition) is 1. The number of rotatable bonds is 6. The first kappa shape index (κ1) is 18.6. The first-order chi connectivity index (χ1) is 11.9. The third-order valence-electron chi connectivity index (χ3n) is 3.83. The highest BCUT2D eigenvalue weighted by Gasteiger charge is 2.18. The van der Waals surface area contributed by atoms with Gasteiger partial charge in [-0.05, 0) is 49.2 Å². The largest absolute Gasteiger partial charge is 0.350 e. The van der Waals surface area contributed by atoms with E-state index in [1.807, 2.05) is 0 Å². The molecular formula is C19H20F2N2O2. The highest BCUT2D eigenvalue weighted by molar-refractivity contribution is 5.96. The van der Waals surface area contributed by atoms with E-state index in [9.17, 15) is 18.4 Å². The first-order valence-corrected chi connectivity index (χ1v) is 7.97. The van der Waals surface area contributed by atoms with E-state index in [0.29, 0.717) is 12.1 Å². The van der Waals surface area contributed by atoms with Gasteiger partial charge in [-0.1, -0.05) is 18.2 Å². The van der Waals surface area contributed by atoms with Crippen LogP contribution in [0.15, 0.2) is 42.5 Å². The van der Waals surface area contributed by atoms with Crippen molar-refractivity contribution in [3.63, 3.8) is 0 Å². The Bertz CT molecular complexity index is 761. The van der Waals surface area contributed by atoms with Gasteiger partial charge in [0.05, 0.1) is 6.54 Å². The SMILES string of the molecule is CCN(CC(=O)NCc1ccc(F)cc1)C(=O)c1ccc(C)c(F)c1. The number of carbonyl (C=O) groups is 2. The Kier molecular flexibility index (Phi) is 6.22.